The second-order valence-corrected chi connectivity index (χ2v) is 5.89. The molecule has 96 valence electrons. The van der Waals surface area contributed by atoms with E-state index >= 15 is 0 Å². The molecule has 4 heteroatoms. The van der Waals surface area contributed by atoms with Gasteiger partial charge in [-0.05, 0) is 37.3 Å². The van der Waals surface area contributed by atoms with Crippen molar-refractivity contribution in [3.63, 3.8) is 0 Å². The van der Waals surface area contributed by atoms with Crippen LogP contribution in [0.4, 0.5) is 11.4 Å². The molecular formula is C13H21ClN2S. The van der Waals surface area contributed by atoms with Crippen LogP contribution in [-0.4, -0.2) is 17.5 Å². The van der Waals surface area contributed by atoms with Gasteiger partial charge in [-0.15, -0.1) is 0 Å². The van der Waals surface area contributed by atoms with E-state index in [9.17, 15) is 0 Å². The predicted molar refractivity (Wildman–Crippen MR) is 81.2 cm³/mol. The van der Waals surface area contributed by atoms with Crippen molar-refractivity contribution in [2.45, 2.75) is 31.4 Å². The van der Waals surface area contributed by atoms with E-state index in [0.717, 1.165) is 30.8 Å². The first-order valence-corrected chi connectivity index (χ1v) is 7.51. The molecule has 1 aromatic rings. The maximum atomic E-state index is 5.97. The van der Waals surface area contributed by atoms with Crippen LogP contribution in [0.3, 0.4) is 0 Å². The lowest BCUT2D eigenvalue weighted by atomic mass is 10.0. The zero-order valence-corrected chi connectivity index (χ0v) is 12.3. The molecule has 0 radical (unpaired) electrons. The average molecular weight is 273 g/mol. The van der Waals surface area contributed by atoms with Crippen molar-refractivity contribution in [2.75, 3.05) is 23.9 Å². The molecule has 0 amide bonds. The van der Waals surface area contributed by atoms with E-state index in [2.05, 4.69) is 25.4 Å². The number of hydrogen-bond donors (Lipinski definition) is 2. The number of anilines is 2. The summed E-state index contributed by atoms with van der Waals surface area (Å²) in [5, 5.41) is 4.13. The highest BCUT2D eigenvalue weighted by atomic mass is 35.5. The Kier molecular flexibility index (Phi) is 5.47. The molecule has 0 bridgehead atoms. The van der Waals surface area contributed by atoms with E-state index in [-0.39, 0.29) is 4.75 Å². The van der Waals surface area contributed by atoms with Crippen LogP contribution in [0, 0.1) is 0 Å². The summed E-state index contributed by atoms with van der Waals surface area (Å²) in [6.07, 6.45) is 4.44. The fourth-order valence-corrected chi connectivity index (χ4v) is 2.76. The summed E-state index contributed by atoms with van der Waals surface area (Å²) in [5.74, 6) is 0. The third kappa shape index (κ3) is 3.71. The van der Waals surface area contributed by atoms with Crippen LogP contribution in [0.25, 0.3) is 0 Å². The molecule has 0 heterocycles. The molecule has 0 aromatic heterocycles. The van der Waals surface area contributed by atoms with Gasteiger partial charge in [-0.1, -0.05) is 25.4 Å². The van der Waals surface area contributed by atoms with Crippen molar-refractivity contribution in [3.8, 4) is 0 Å². The van der Waals surface area contributed by atoms with E-state index in [1.54, 1.807) is 0 Å². The molecular weight excluding hydrogens is 252 g/mol. The molecule has 0 aliphatic rings. The summed E-state index contributed by atoms with van der Waals surface area (Å²) >= 11 is 7.88. The Hall–Kier alpha value is -0.540. The van der Waals surface area contributed by atoms with Gasteiger partial charge in [-0.3, -0.25) is 0 Å². The molecule has 0 aliphatic heterocycles. The summed E-state index contributed by atoms with van der Waals surface area (Å²) in [7, 11) is 0. The van der Waals surface area contributed by atoms with Gasteiger partial charge >= 0.3 is 0 Å². The van der Waals surface area contributed by atoms with Crippen molar-refractivity contribution in [1.82, 2.24) is 0 Å². The first-order chi connectivity index (χ1) is 8.06. The highest BCUT2D eigenvalue weighted by molar-refractivity contribution is 8.00. The zero-order valence-electron chi connectivity index (χ0n) is 10.7. The molecule has 0 saturated heterocycles. The van der Waals surface area contributed by atoms with Crippen molar-refractivity contribution >= 4 is 34.7 Å². The first kappa shape index (κ1) is 14.5. The summed E-state index contributed by atoms with van der Waals surface area (Å²) in [6.45, 7) is 5.36. The van der Waals surface area contributed by atoms with Crippen LogP contribution in [0.15, 0.2) is 18.2 Å². The van der Waals surface area contributed by atoms with E-state index in [1.807, 2.05) is 30.0 Å². The van der Waals surface area contributed by atoms with Gasteiger partial charge in [-0.2, -0.15) is 11.8 Å². The van der Waals surface area contributed by atoms with Crippen LogP contribution in [0.5, 0.6) is 0 Å². The molecule has 3 N–H and O–H groups in total. The average Bonchev–Trinajstić information content (AvgIpc) is 2.35. The monoisotopic (exact) mass is 272 g/mol. The van der Waals surface area contributed by atoms with Crippen LogP contribution >= 0.6 is 23.4 Å². The number of thioether (sulfide) groups is 1. The lowest BCUT2D eigenvalue weighted by Gasteiger charge is -2.30. The van der Waals surface area contributed by atoms with Gasteiger partial charge in [0, 0.05) is 16.3 Å². The molecule has 0 spiro atoms. The molecule has 0 fully saturated rings. The Morgan fingerprint density at radius 1 is 1.35 bits per heavy atom. The molecule has 2 nitrogen and oxygen atoms in total. The normalized spacial score (nSPS) is 11.5. The van der Waals surface area contributed by atoms with Gasteiger partial charge in [0.1, 0.15) is 0 Å². The summed E-state index contributed by atoms with van der Waals surface area (Å²) in [6, 6.07) is 5.53. The molecule has 0 saturated carbocycles. The SMILES string of the molecule is CCC(CC)(CNc1cc(Cl)ccc1N)SC. The fourth-order valence-electron chi connectivity index (χ4n) is 1.80. The summed E-state index contributed by atoms with van der Waals surface area (Å²) in [5.41, 5.74) is 7.59. The molecule has 0 atom stereocenters. The largest absolute Gasteiger partial charge is 0.397 e. The number of nitrogen functional groups attached to an aromatic ring is 1. The van der Waals surface area contributed by atoms with Crippen molar-refractivity contribution < 1.29 is 0 Å². The number of nitrogens with one attached hydrogen (secondary N) is 1. The smallest absolute Gasteiger partial charge is 0.0589 e. The number of halogens is 1. The minimum absolute atomic E-state index is 0.273. The number of nitrogens with two attached hydrogens (primary N) is 1. The number of rotatable bonds is 6. The van der Waals surface area contributed by atoms with Crippen LogP contribution in [0.2, 0.25) is 5.02 Å². The Morgan fingerprint density at radius 3 is 2.53 bits per heavy atom. The minimum Gasteiger partial charge on any atom is -0.397 e. The molecule has 1 aromatic carbocycles. The standard InChI is InChI=1S/C13H21ClN2S/c1-4-13(5-2,17-3)9-16-12-8-10(14)6-7-11(12)15/h6-8,16H,4-5,9,15H2,1-3H3. The van der Waals surface area contributed by atoms with Crippen LogP contribution in [0.1, 0.15) is 26.7 Å². The number of benzene rings is 1. The Bertz CT molecular complexity index is 356. The second kappa shape index (κ2) is 6.41. The molecule has 0 aliphatic carbocycles. The minimum atomic E-state index is 0.273. The second-order valence-electron chi connectivity index (χ2n) is 4.18. The molecule has 17 heavy (non-hydrogen) atoms. The van der Waals surface area contributed by atoms with Gasteiger partial charge in [0.2, 0.25) is 0 Å². The lowest BCUT2D eigenvalue weighted by Crippen LogP contribution is -2.32. The van der Waals surface area contributed by atoms with E-state index < -0.39 is 0 Å². The Labute approximate surface area is 113 Å². The third-order valence-corrected chi connectivity index (χ3v) is 5.16. The summed E-state index contributed by atoms with van der Waals surface area (Å²) < 4.78 is 0.273. The van der Waals surface area contributed by atoms with Gasteiger partial charge in [0.05, 0.1) is 11.4 Å². The van der Waals surface area contributed by atoms with Crippen molar-refractivity contribution in [2.24, 2.45) is 0 Å². The maximum absolute atomic E-state index is 5.97. The number of hydrogen-bond acceptors (Lipinski definition) is 3. The Balaban J connectivity index is 2.75. The maximum Gasteiger partial charge on any atom is 0.0589 e. The van der Waals surface area contributed by atoms with Crippen molar-refractivity contribution in [3.05, 3.63) is 23.2 Å². The highest BCUT2D eigenvalue weighted by Crippen LogP contribution is 2.32. The lowest BCUT2D eigenvalue weighted by molar-refractivity contribution is 0.575. The topological polar surface area (TPSA) is 38.0 Å². The van der Waals surface area contributed by atoms with Gasteiger partial charge in [0.25, 0.3) is 0 Å². The molecule has 0 unspecified atom stereocenters. The molecule has 1 rings (SSSR count). The third-order valence-electron chi connectivity index (χ3n) is 3.34. The van der Waals surface area contributed by atoms with Crippen LogP contribution in [-0.2, 0) is 0 Å². The zero-order chi connectivity index (χ0) is 12.9. The van der Waals surface area contributed by atoms with Crippen LogP contribution < -0.4 is 11.1 Å². The first-order valence-electron chi connectivity index (χ1n) is 5.91. The van der Waals surface area contributed by atoms with Gasteiger partial charge in [-0.25, -0.2) is 0 Å². The highest BCUT2D eigenvalue weighted by Gasteiger charge is 2.24. The Morgan fingerprint density at radius 2 is 2.00 bits per heavy atom. The van der Waals surface area contributed by atoms with Gasteiger partial charge in [0.15, 0.2) is 0 Å². The fraction of sp³-hybridized carbons (Fsp3) is 0.538. The van der Waals surface area contributed by atoms with Crippen molar-refractivity contribution in [1.29, 1.82) is 0 Å². The van der Waals surface area contributed by atoms with E-state index in [4.69, 9.17) is 17.3 Å². The quantitative estimate of drug-likeness (QED) is 0.760. The summed E-state index contributed by atoms with van der Waals surface area (Å²) in [4.78, 5) is 0. The predicted octanol–water partition coefficient (Wildman–Crippen LogP) is 4.26. The van der Waals surface area contributed by atoms with E-state index in [0.29, 0.717) is 5.02 Å². The van der Waals surface area contributed by atoms with Gasteiger partial charge < -0.3 is 11.1 Å². The van der Waals surface area contributed by atoms with E-state index in [1.165, 1.54) is 0 Å².